The van der Waals surface area contributed by atoms with Crippen LogP contribution in [0.4, 0.5) is 0 Å². The monoisotopic (exact) mass is 370 g/mol. The number of carbonyl (C=O) groups is 2. The molecule has 0 aliphatic carbocycles. The van der Waals surface area contributed by atoms with Crippen LogP contribution in [0.25, 0.3) is 0 Å². The van der Waals surface area contributed by atoms with Gasteiger partial charge in [-0.3, -0.25) is 9.59 Å². The van der Waals surface area contributed by atoms with Gasteiger partial charge in [-0.2, -0.15) is 0 Å². The van der Waals surface area contributed by atoms with Crippen LogP contribution in [0.1, 0.15) is 43.5 Å². The lowest BCUT2D eigenvalue weighted by molar-refractivity contribution is -0.123. The largest absolute Gasteiger partial charge is 0.497 e. The Hall–Kier alpha value is -3.02. The highest BCUT2D eigenvalue weighted by Crippen LogP contribution is 2.29. The Bertz CT molecular complexity index is 777. The lowest BCUT2D eigenvalue weighted by Crippen LogP contribution is -2.33. The Morgan fingerprint density at radius 3 is 2.30 bits per heavy atom. The van der Waals surface area contributed by atoms with E-state index < -0.39 is 0 Å². The molecule has 0 aliphatic rings. The van der Waals surface area contributed by atoms with E-state index in [0.717, 1.165) is 11.1 Å². The lowest BCUT2D eigenvalue weighted by Gasteiger charge is -2.21. The SMILES string of the molecule is COc1ccc(OC)c([C@@H](C)NC(=O)C[C@@H](NC(C)=O)c2ccccc2)c1. The second-order valence-electron chi connectivity index (χ2n) is 6.26. The third-order valence-electron chi connectivity index (χ3n) is 4.25. The Kier molecular flexibility index (Phi) is 7.23. The topological polar surface area (TPSA) is 76.7 Å². The Morgan fingerprint density at radius 1 is 1.00 bits per heavy atom. The van der Waals surface area contributed by atoms with Gasteiger partial charge in [0.2, 0.25) is 11.8 Å². The maximum atomic E-state index is 12.6. The molecule has 0 aliphatic heterocycles. The van der Waals surface area contributed by atoms with Crippen molar-refractivity contribution in [1.29, 1.82) is 0 Å². The fraction of sp³-hybridized carbons (Fsp3) is 0.333. The predicted molar refractivity (Wildman–Crippen MR) is 104 cm³/mol. The summed E-state index contributed by atoms with van der Waals surface area (Å²) in [6.07, 6.45) is 0.139. The van der Waals surface area contributed by atoms with Gasteiger partial charge in [-0.1, -0.05) is 30.3 Å². The lowest BCUT2D eigenvalue weighted by atomic mass is 10.0. The van der Waals surface area contributed by atoms with Gasteiger partial charge in [0.05, 0.1) is 32.7 Å². The molecule has 0 saturated carbocycles. The molecule has 0 saturated heterocycles. The van der Waals surface area contributed by atoms with E-state index in [9.17, 15) is 9.59 Å². The van der Waals surface area contributed by atoms with Gasteiger partial charge in [-0.05, 0) is 30.7 Å². The molecule has 2 rings (SSSR count). The third kappa shape index (κ3) is 5.74. The number of carbonyl (C=O) groups excluding carboxylic acids is 2. The summed E-state index contributed by atoms with van der Waals surface area (Å²) in [4.78, 5) is 24.1. The first-order valence-corrected chi connectivity index (χ1v) is 8.78. The van der Waals surface area contributed by atoms with E-state index >= 15 is 0 Å². The smallest absolute Gasteiger partial charge is 0.222 e. The molecule has 0 radical (unpaired) electrons. The molecular weight excluding hydrogens is 344 g/mol. The summed E-state index contributed by atoms with van der Waals surface area (Å²) in [5.41, 5.74) is 1.70. The van der Waals surface area contributed by atoms with Crippen molar-refractivity contribution in [3.05, 3.63) is 59.7 Å². The highest BCUT2D eigenvalue weighted by atomic mass is 16.5. The van der Waals surface area contributed by atoms with Gasteiger partial charge < -0.3 is 20.1 Å². The Balaban J connectivity index is 2.12. The zero-order valence-corrected chi connectivity index (χ0v) is 16.1. The predicted octanol–water partition coefficient (Wildman–Crippen LogP) is 3.15. The average Bonchev–Trinajstić information content (AvgIpc) is 2.67. The maximum absolute atomic E-state index is 12.6. The van der Waals surface area contributed by atoms with Gasteiger partial charge in [0, 0.05) is 12.5 Å². The summed E-state index contributed by atoms with van der Waals surface area (Å²) >= 11 is 0. The first-order valence-electron chi connectivity index (χ1n) is 8.78. The summed E-state index contributed by atoms with van der Waals surface area (Å²) in [6.45, 7) is 3.32. The fourth-order valence-corrected chi connectivity index (χ4v) is 2.92. The van der Waals surface area contributed by atoms with E-state index in [0.29, 0.717) is 11.5 Å². The van der Waals surface area contributed by atoms with E-state index in [1.807, 2.05) is 43.3 Å². The summed E-state index contributed by atoms with van der Waals surface area (Å²) in [5.74, 6) is 1.01. The zero-order valence-electron chi connectivity index (χ0n) is 16.1. The van der Waals surface area contributed by atoms with Gasteiger partial charge in [0.25, 0.3) is 0 Å². The van der Waals surface area contributed by atoms with Crippen LogP contribution in [0.15, 0.2) is 48.5 Å². The molecule has 6 heteroatoms. The van der Waals surface area contributed by atoms with Crippen molar-refractivity contribution >= 4 is 11.8 Å². The summed E-state index contributed by atoms with van der Waals surface area (Å²) in [6, 6.07) is 14.2. The van der Waals surface area contributed by atoms with Crippen molar-refractivity contribution in [1.82, 2.24) is 10.6 Å². The molecule has 0 heterocycles. The number of benzene rings is 2. The number of amides is 2. The number of methoxy groups -OCH3 is 2. The number of rotatable bonds is 8. The molecule has 2 aromatic carbocycles. The standard InChI is InChI=1S/C21H26N2O4/c1-14(18-12-17(26-3)10-11-20(18)27-4)22-21(25)13-19(23-15(2)24)16-8-6-5-7-9-16/h5-12,14,19H,13H2,1-4H3,(H,22,25)(H,23,24)/t14-,19-/m1/s1. The van der Waals surface area contributed by atoms with Crippen LogP contribution in [-0.2, 0) is 9.59 Å². The van der Waals surface area contributed by atoms with Crippen LogP contribution in [0, 0.1) is 0 Å². The summed E-state index contributed by atoms with van der Waals surface area (Å²) in [7, 11) is 3.18. The molecule has 0 bridgehead atoms. The molecule has 27 heavy (non-hydrogen) atoms. The molecule has 2 aromatic rings. The Labute approximate surface area is 159 Å². The van der Waals surface area contributed by atoms with E-state index in [1.165, 1.54) is 6.92 Å². The normalized spacial score (nSPS) is 12.6. The summed E-state index contributed by atoms with van der Waals surface area (Å²) < 4.78 is 10.6. The van der Waals surface area contributed by atoms with Crippen molar-refractivity contribution in [2.75, 3.05) is 14.2 Å². The van der Waals surface area contributed by atoms with Crippen LogP contribution in [0.2, 0.25) is 0 Å². The molecule has 0 fully saturated rings. The number of hydrogen-bond acceptors (Lipinski definition) is 4. The van der Waals surface area contributed by atoms with Crippen molar-refractivity contribution in [3.63, 3.8) is 0 Å². The van der Waals surface area contributed by atoms with Gasteiger partial charge >= 0.3 is 0 Å². The van der Waals surface area contributed by atoms with Crippen molar-refractivity contribution < 1.29 is 19.1 Å². The minimum Gasteiger partial charge on any atom is -0.497 e. The zero-order chi connectivity index (χ0) is 19.8. The number of nitrogens with one attached hydrogen (secondary N) is 2. The van der Waals surface area contributed by atoms with Gasteiger partial charge in [-0.15, -0.1) is 0 Å². The van der Waals surface area contributed by atoms with E-state index in [2.05, 4.69) is 10.6 Å². The van der Waals surface area contributed by atoms with E-state index in [4.69, 9.17) is 9.47 Å². The average molecular weight is 370 g/mol. The highest BCUT2D eigenvalue weighted by Gasteiger charge is 2.20. The molecule has 6 nitrogen and oxygen atoms in total. The fourth-order valence-electron chi connectivity index (χ4n) is 2.92. The minimum atomic E-state index is -0.386. The Morgan fingerprint density at radius 2 is 1.70 bits per heavy atom. The highest BCUT2D eigenvalue weighted by molar-refractivity contribution is 5.79. The van der Waals surface area contributed by atoms with Crippen LogP contribution < -0.4 is 20.1 Å². The first kappa shape index (κ1) is 20.3. The van der Waals surface area contributed by atoms with E-state index in [-0.39, 0.29) is 30.3 Å². The second kappa shape index (κ2) is 9.62. The molecule has 2 N–H and O–H groups in total. The third-order valence-corrected chi connectivity index (χ3v) is 4.25. The van der Waals surface area contributed by atoms with Crippen LogP contribution in [-0.4, -0.2) is 26.0 Å². The maximum Gasteiger partial charge on any atom is 0.222 e. The molecule has 2 atom stereocenters. The quantitative estimate of drug-likeness (QED) is 0.748. The molecule has 0 unspecified atom stereocenters. The van der Waals surface area contributed by atoms with Gasteiger partial charge in [-0.25, -0.2) is 0 Å². The minimum absolute atomic E-state index is 0.139. The van der Waals surface area contributed by atoms with Crippen molar-refractivity contribution in [3.8, 4) is 11.5 Å². The number of hydrogen-bond donors (Lipinski definition) is 2. The molecular formula is C21H26N2O4. The van der Waals surface area contributed by atoms with Crippen molar-refractivity contribution in [2.45, 2.75) is 32.4 Å². The van der Waals surface area contributed by atoms with Gasteiger partial charge in [0.1, 0.15) is 11.5 Å². The first-order chi connectivity index (χ1) is 12.9. The van der Waals surface area contributed by atoms with Crippen molar-refractivity contribution in [2.24, 2.45) is 0 Å². The number of ether oxygens (including phenoxy) is 2. The molecule has 0 spiro atoms. The van der Waals surface area contributed by atoms with E-state index in [1.54, 1.807) is 26.4 Å². The van der Waals surface area contributed by atoms with Crippen LogP contribution in [0.5, 0.6) is 11.5 Å². The summed E-state index contributed by atoms with van der Waals surface area (Å²) in [5, 5.41) is 5.81. The van der Waals surface area contributed by atoms with Crippen LogP contribution >= 0.6 is 0 Å². The molecule has 0 aromatic heterocycles. The molecule has 2 amide bonds. The van der Waals surface area contributed by atoms with Crippen LogP contribution in [0.3, 0.4) is 0 Å². The van der Waals surface area contributed by atoms with Gasteiger partial charge in [0.15, 0.2) is 0 Å². The second-order valence-corrected chi connectivity index (χ2v) is 6.26. The molecule has 144 valence electrons.